The zero-order chi connectivity index (χ0) is 16.7. The summed E-state index contributed by atoms with van der Waals surface area (Å²) < 4.78 is 1.77. The summed E-state index contributed by atoms with van der Waals surface area (Å²) in [4.78, 5) is 12.3. The third-order valence-corrected chi connectivity index (χ3v) is 4.90. The zero-order valence-corrected chi connectivity index (χ0v) is 13.9. The fraction of sp³-hybridized carbons (Fsp3) is 0.158. The lowest BCUT2D eigenvalue weighted by Gasteiger charge is -2.24. The molecule has 5 heteroatoms. The highest BCUT2D eigenvalue weighted by Crippen LogP contribution is 2.38. The van der Waals surface area contributed by atoms with Crippen molar-refractivity contribution in [3.8, 4) is 5.69 Å². The third kappa shape index (κ3) is 2.39. The first-order chi connectivity index (χ1) is 11.6. The number of amides is 1. The van der Waals surface area contributed by atoms with Crippen molar-refractivity contribution in [2.24, 2.45) is 0 Å². The lowest BCUT2D eigenvalue weighted by atomic mass is 9.87. The average Bonchev–Trinajstić information content (AvgIpc) is 3.01. The number of halogens is 1. The molecule has 0 aliphatic carbocycles. The van der Waals surface area contributed by atoms with E-state index >= 15 is 0 Å². The first-order valence-electron chi connectivity index (χ1n) is 7.83. The van der Waals surface area contributed by atoms with E-state index in [1.807, 2.05) is 49.5 Å². The molecule has 0 fully saturated rings. The Balaban J connectivity index is 1.86. The number of aromatic nitrogens is 2. The molecule has 2 heterocycles. The Labute approximate surface area is 145 Å². The van der Waals surface area contributed by atoms with Gasteiger partial charge in [-0.1, -0.05) is 48.0 Å². The maximum absolute atomic E-state index is 12.3. The summed E-state index contributed by atoms with van der Waals surface area (Å²) in [7, 11) is 0. The summed E-state index contributed by atoms with van der Waals surface area (Å²) in [5.41, 5.74) is 3.95. The van der Waals surface area contributed by atoms with Gasteiger partial charge in [-0.2, -0.15) is 5.10 Å². The van der Waals surface area contributed by atoms with E-state index in [4.69, 9.17) is 11.6 Å². The van der Waals surface area contributed by atoms with Gasteiger partial charge < -0.3 is 5.32 Å². The van der Waals surface area contributed by atoms with Crippen LogP contribution < -0.4 is 5.32 Å². The molecule has 24 heavy (non-hydrogen) atoms. The Morgan fingerprint density at radius 3 is 2.75 bits per heavy atom. The van der Waals surface area contributed by atoms with Crippen LogP contribution in [0.2, 0.25) is 5.02 Å². The number of hydrogen-bond acceptors (Lipinski definition) is 2. The molecule has 0 spiro atoms. The SMILES string of the molecule is Cc1c(Cl)cccc1-n1ncc2c1NC(=O)C[C@H]2c1ccccc1. The summed E-state index contributed by atoms with van der Waals surface area (Å²) in [6.07, 6.45) is 2.27. The van der Waals surface area contributed by atoms with Crippen molar-refractivity contribution in [1.82, 2.24) is 9.78 Å². The molecule has 4 rings (SSSR count). The second-order valence-corrected chi connectivity index (χ2v) is 6.37. The second kappa shape index (κ2) is 5.80. The molecule has 2 aromatic carbocycles. The molecule has 0 unspecified atom stereocenters. The van der Waals surface area contributed by atoms with Gasteiger partial charge in [0, 0.05) is 22.9 Å². The molecular formula is C19H16ClN3O. The third-order valence-electron chi connectivity index (χ3n) is 4.49. The van der Waals surface area contributed by atoms with E-state index in [1.165, 1.54) is 0 Å². The zero-order valence-electron chi connectivity index (χ0n) is 13.2. The number of nitrogens with zero attached hydrogens (tertiary/aromatic N) is 2. The fourth-order valence-electron chi connectivity index (χ4n) is 3.21. The van der Waals surface area contributed by atoms with Gasteiger partial charge in [0.15, 0.2) is 0 Å². The van der Waals surface area contributed by atoms with Crippen molar-refractivity contribution in [3.63, 3.8) is 0 Å². The number of carbonyl (C=O) groups is 1. The van der Waals surface area contributed by atoms with E-state index in [9.17, 15) is 4.79 Å². The van der Waals surface area contributed by atoms with Crippen LogP contribution >= 0.6 is 11.6 Å². The van der Waals surface area contributed by atoms with Gasteiger partial charge in [0.05, 0.1) is 11.9 Å². The maximum atomic E-state index is 12.3. The summed E-state index contributed by atoms with van der Waals surface area (Å²) >= 11 is 6.24. The number of hydrogen-bond donors (Lipinski definition) is 1. The monoisotopic (exact) mass is 337 g/mol. The number of benzene rings is 2. The van der Waals surface area contributed by atoms with Gasteiger partial charge in [0.1, 0.15) is 5.82 Å². The summed E-state index contributed by atoms with van der Waals surface area (Å²) in [5, 5.41) is 8.17. The molecule has 0 saturated carbocycles. The minimum Gasteiger partial charge on any atom is -0.310 e. The molecule has 0 radical (unpaired) electrons. The van der Waals surface area contributed by atoms with Crippen molar-refractivity contribution < 1.29 is 4.79 Å². The number of carbonyl (C=O) groups excluding carboxylic acids is 1. The Hall–Kier alpha value is -2.59. The highest BCUT2D eigenvalue weighted by molar-refractivity contribution is 6.31. The quantitative estimate of drug-likeness (QED) is 0.757. The van der Waals surface area contributed by atoms with Gasteiger partial charge in [-0.05, 0) is 30.2 Å². The number of anilines is 1. The molecular weight excluding hydrogens is 322 g/mol. The molecule has 4 nitrogen and oxygen atoms in total. The molecule has 1 atom stereocenters. The average molecular weight is 338 g/mol. The van der Waals surface area contributed by atoms with E-state index < -0.39 is 0 Å². The predicted molar refractivity (Wildman–Crippen MR) is 94.8 cm³/mol. The van der Waals surface area contributed by atoms with Crippen molar-refractivity contribution in [2.45, 2.75) is 19.3 Å². The molecule has 3 aromatic rings. The van der Waals surface area contributed by atoms with Gasteiger partial charge in [-0.15, -0.1) is 0 Å². The van der Waals surface area contributed by atoms with Gasteiger partial charge in [-0.25, -0.2) is 4.68 Å². The Kier molecular flexibility index (Phi) is 3.62. The minimum atomic E-state index is -0.00205. The van der Waals surface area contributed by atoms with Crippen LogP contribution in [0.5, 0.6) is 0 Å². The van der Waals surface area contributed by atoms with E-state index in [0.29, 0.717) is 11.4 Å². The molecule has 120 valence electrons. The van der Waals surface area contributed by atoms with Crippen LogP contribution in [-0.2, 0) is 4.79 Å². The Bertz CT molecular complexity index is 918. The highest BCUT2D eigenvalue weighted by atomic mass is 35.5. The van der Waals surface area contributed by atoms with Gasteiger partial charge >= 0.3 is 0 Å². The lowest BCUT2D eigenvalue weighted by Crippen LogP contribution is -2.24. The Morgan fingerprint density at radius 2 is 1.96 bits per heavy atom. The van der Waals surface area contributed by atoms with Crippen LogP contribution in [0.3, 0.4) is 0 Å². The van der Waals surface area contributed by atoms with Crippen LogP contribution in [0.4, 0.5) is 5.82 Å². The first-order valence-corrected chi connectivity index (χ1v) is 8.21. The smallest absolute Gasteiger partial charge is 0.226 e. The van der Waals surface area contributed by atoms with Crippen LogP contribution in [0.25, 0.3) is 5.69 Å². The standard InChI is InChI=1S/C19H16ClN3O/c1-12-16(20)8-5-9-17(12)23-19-15(11-21-23)14(10-18(24)22-19)13-6-3-2-4-7-13/h2-9,11,14H,10H2,1H3,(H,22,24)/t14-/m0/s1. The largest absolute Gasteiger partial charge is 0.310 e. The maximum Gasteiger partial charge on any atom is 0.226 e. The van der Waals surface area contributed by atoms with E-state index in [0.717, 1.165) is 28.2 Å². The fourth-order valence-corrected chi connectivity index (χ4v) is 3.38. The summed E-state index contributed by atoms with van der Waals surface area (Å²) in [6.45, 7) is 1.95. The van der Waals surface area contributed by atoms with Gasteiger partial charge in [0.2, 0.25) is 5.91 Å². The number of fused-ring (bicyclic) bond motifs is 1. The molecule has 1 N–H and O–H groups in total. The van der Waals surface area contributed by atoms with Gasteiger partial charge in [0.25, 0.3) is 0 Å². The highest BCUT2D eigenvalue weighted by Gasteiger charge is 2.30. The molecule has 0 bridgehead atoms. The van der Waals surface area contributed by atoms with Crippen LogP contribution in [0.15, 0.2) is 54.7 Å². The molecule has 1 aliphatic heterocycles. The summed E-state index contributed by atoms with van der Waals surface area (Å²) in [6, 6.07) is 15.8. The van der Waals surface area contributed by atoms with Crippen LogP contribution in [0.1, 0.15) is 29.0 Å². The van der Waals surface area contributed by atoms with E-state index in [-0.39, 0.29) is 11.8 Å². The van der Waals surface area contributed by atoms with Gasteiger partial charge in [-0.3, -0.25) is 4.79 Å². The van der Waals surface area contributed by atoms with Crippen LogP contribution in [0, 0.1) is 6.92 Å². The number of nitrogens with one attached hydrogen (secondary N) is 1. The predicted octanol–water partition coefficient (Wildman–Crippen LogP) is 4.31. The minimum absolute atomic E-state index is 0.00205. The summed E-state index contributed by atoms with van der Waals surface area (Å²) in [5.74, 6) is 0.742. The molecule has 1 aliphatic rings. The van der Waals surface area contributed by atoms with Crippen molar-refractivity contribution in [3.05, 3.63) is 76.4 Å². The van der Waals surface area contributed by atoms with Crippen molar-refractivity contribution in [2.75, 3.05) is 5.32 Å². The van der Waals surface area contributed by atoms with E-state index in [2.05, 4.69) is 22.5 Å². The normalized spacial score (nSPS) is 16.6. The molecule has 1 aromatic heterocycles. The molecule has 0 saturated heterocycles. The van der Waals surface area contributed by atoms with Crippen molar-refractivity contribution >= 4 is 23.3 Å². The van der Waals surface area contributed by atoms with Crippen LogP contribution in [-0.4, -0.2) is 15.7 Å². The lowest BCUT2D eigenvalue weighted by molar-refractivity contribution is -0.116. The number of rotatable bonds is 2. The van der Waals surface area contributed by atoms with Crippen molar-refractivity contribution in [1.29, 1.82) is 0 Å². The second-order valence-electron chi connectivity index (χ2n) is 5.96. The topological polar surface area (TPSA) is 46.9 Å². The first kappa shape index (κ1) is 15.0. The molecule has 1 amide bonds. The Morgan fingerprint density at radius 1 is 1.17 bits per heavy atom. The van der Waals surface area contributed by atoms with E-state index in [1.54, 1.807) is 4.68 Å².